The van der Waals surface area contributed by atoms with Crippen molar-refractivity contribution in [1.29, 1.82) is 0 Å². The number of hydrogen-bond donors (Lipinski definition) is 1. The Morgan fingerprint density at radius 2 is 1.81 bits per heavy atom. The topological polar surface area (TPSA) is 43.3 Å². The molecular weight excluding hydrogens is 357 g/mol. The van der Waals surface area contributed by atoms with Crippen LogP contribution < -0.4 is 10.1 Å². The van der Waals surface area contributed by atoms with E-state index in [-0.39, 0.29) is 17.7 Å². The number of nitrogens with one attached hydrogen (secondary N) is 1. The van der Waals surface area contributed by atoms with Crippen LogP contribution in [0.1, 0.15) is 24.9 Å². The fourth-order valence-electron chi connectivity index (χ4n) is 2.91. The molecule has 7 heteroatoms. The van der Waals surface area contributed by atoms with E-state index in [9.17, 15) is 18.0 Å². The van der Waals surface area contributed by atoms with Crippen molar-refractivity contribution in [3.05, 3.63) is 66.4 Å². The van der Waals surface area contributed by atoms with Crippen LogP contribution in [0.3, 0.4) is 0 Å². The molecular formula is C20H19F3N2O2. The number of carbonyl (C=O) groups is 1. The predicted octanol–water partition coefficient (Wildman–Crippen LogP) is 4.81. The molecule has 3 aromatic rings. The highest BCUT2D eigenvalue weighted by molar-refractivity contribution is 5.80. The first-order chi connectivity index (χ1) is 12.8. The molecule has 0 aliphatic rings. The number of nitrogens with zero attached hydrogens (tertiary/aromatic N) is 1. The number of halogens is 3. The summed E-state index contributed by atoms with van der Waals surface area (Å²) in [6.45, 7) is 2.33. The van der Waals surface area contributed by atoms with Crippen molar-refractivity contribution in [2.75, 3.05) is 0 Å². The fourth-order valence-corrected chi connectivity index (χ4v) is 2.91. The fraction of sp³-hybridized carbons (Fsp3) is 0.250. The zero-order valence-electron chi connectivity index (χ0n) is 14.7. The lowest BCUT2D eigenvalue weighted by atomic mass is 10.1. The Bertz CT molecular complexity index is 917. The highest BCUT2D eigenvalue weighted by atomic mass is 19.4. The summed E-state index contributed by atoms with van der Waals surface area (Å²) in [5.41, 5.74) is 1.77. The first kappa shape index (κ1) is 18.8. The minimum atomic E-state index is -4.72. The van der Waals surface area contributed by atoms with Crippen molar-refractivity contribution in [2.24, 2.45) is 0 Å². The van der Waals surface area contributed by atoms with E-state index in [2.05, 4.69) is 10.1 Å². The second-order valence-electron chi connectivity index (χ2n) is 6.22. The summed E-state index contributed by atoms with van der Waals surface area (Å²) in [5.74, 6) is -0.417. The molecule has 2 aromatic carbocycles. The van der Waals surface area contributed by atoms with Gasteiger partial charge in [-0.25, -0.2) is 0 Å². The molecule has 0 fully saturated rings. The van der Waals surface area contributed by atoms with Crippen molar-refractivity contribution in [3.63, 3.8) is 0 Å². The molecule has 0 saturated heterocycles. The van der Waals surface area contributed by atoms with Crippen LogP contribution >= 0.6 is 0 Å². The highest BCUT2D eigenvalue weighted by Crippen LogP contribution is 2.24. The average molecular weight is 376 g/mol. The van der Waals surface area contributed by atoms with Gasteiger partial charge in [0.05, 0.1) is 6.04 Å². The molecule has 0 spiro atoms. The number of ether oxygens (including phenoxy) is 1. The van der Waals surface area contributed by atoms with E-state index < -0.39 is 6.36 Å². The van der Waals surface area contributed by atoms with E-state index in [0.29, 0.717) is 18.5 Å². The maximum atomic E-state index is 12.2. The third kappa shape index (κ3) is 5.03. The quantitative estimate of drug-likeness (QED) is 0.671. The monoisotopic (exact) mass is 376 g/mol. The first-order valence-corrected chi connectivity index (χ1v) is 8.51. The zero-order chi connectivity index (χ0) is 19.4. The van der Waals surface area contributed by atoms with Crippen LogP contribution in [0, 0.1) is 0 Å². The number of para-hydroxylation sites is 1. The van der Waals surface area contributed by atoms with Gasteiger partial charge in [-0.3, -0.25) is 4.79 Å². The molecule has 0 radical (unpaired) electrons. The van der Waals surface area contributed by atoms with E-state index in [0.717, 1.165) is 10.9 Å². The molecule has 3 rings (SSSR count). The zero-order valence-corrected chi connectivity index (χ0v) is 14.7. The van der Waals surface area contributed by atoms with Crippen LogP contribution in [0.15, 0.2) is 60.8 Å². The van der Waals surface area contributed by atoms with E-state index in [1.165, 1.54) is 24.3 Å². The molecule has 1 N–H and O–H groups in total. The third-order valence-electron chi connectivity index (χ3n) is 4.25. The van der Waals surface area contributed by atoms with Crippen LogP contribution in [0.4, 0.5) is 13.2 Å². The Morgan fingerprint density at radius 3 is 2.52 bits per heavy atom. The molecule has 0 aliphatic carbocycles. The highest BCUT2D eigenvalue weighted by Gasteiger charge is 2.31. The molecule has 0 bridgehead atoms. The van der Waals surface area contributed by atoms with Gasteiger partial charge in [0.25, 0.3) is 0 Å². The van der Waals surface area contributed by atoms with E-state index >= 15 is 0 Å². The summed E-state index contributed by atoms with van der Waals surface area (Å²) in [5, 5.41) is 3.98. The lowest BCUT2D eigenvalue weighted by Crippen LogP contribution is -2.27. The summed E-state index contributed by atoms with van der Waals surface area (Å²) >= 11 is 0. The van der Waals surface area contributed by atoms with Gasteiger partial charge in [-0.1, -0.05) is 30.3 Å². The Balaban J connectivity index is 1.54. The summed E-state index contributed by atoms with van der Waals surface area (Å²) in [6.07, 6.45) is -2.47. The largest absolute Gasteiger partial charge is 0.573 e. The first-order valence-electron chi connectivity index (χ1n) is 8.51. The van der Waals surface area contributed by atoms with Crippen LogP contribution in [0.25, 0.3) is 10.9 Å². The number of hydrogen-bond acceptors (Lipinski definition) is 2. The maximum absolute atomic E-state index is 12.2. The van der Waals surface area contributed by atoms with Crippen LogP contribution in [-0.2, 0) is 11.3 Å². The number of carbonyl (C=O) groups excluding carboxylic acids is 1. The van der Waals surface area contributed by atoms with Gasteiger partial charge in [-0.2, -0.15) is 0 Å². The minimum absolute atomic E-state index is 0.129. The minimum Gasteiger partial charge on any atom is -0.406 e. The van der Waals surface area contributed by atoms with Gasteiger partial charge in [0.15, 0.2) is 0 Å². The number of benzene rings is 2. The molecule has 4 nitrogen and oxygen atoms in total. The van der Waals surface area contributed by atoms with Crippen LogP contribution in [0.5, 0.6) is 5.75 Å². The average Bonchev–Trinajstić information content (AvgIpc) is 3.02. The van der Waals surface area contributed by atoms with Crippen molar-refractivity contribution < 1.29 is 22.7 Å². The number of rotatable bonds is 6. The van der Waals surface area contributed by atoms with Crippen molar-refractivity contribution in [3.8, 4) is 5.75 Å². The third-order valence-corrected chi connectivity index (χ3v) is 4.25. The number of amides is 1. The summed E-state index contributed by atoms with van der Waals surface area (Å²) in [6, 6.07) is 15.1. The number of aromatic nitrogens is 1. The van der Waals surface area contributed by atoms with Gasteiger partial charge in [0.2, 0.25) is 5.91 Å². The van der Waals surface area contributed by atoms with Crippen LogP contribution in [0.2, 0.25) is 0 Å². The van der Waals surface area contributed by atoms with Gasteiger partial charge < -0.3 is 14.6 Å². The van der Waals surface area contributed by atoms with Gasteiger partial charge >= 0.3 is 6.36 Å². The van der Waals surface area contributed by atoms with Crippen molar-refractivity contribution >= 4 is 16.8 Å². The molecule has 0 saturated carbocycles. The lowest BCUT2D eigenvalue weighted by Gasteiger charge is -2.16. The molecule has 1 aromatic heterocycles. The second kappa shape index (κ2) is 7.73. The summed E-state index contributed by atoms with van der Waals surface area (Å²) < 4.78 is 42.4. The summed E-state index contributed by atoms with van der Waals surface area (Å²) in [4.78, 5) is 12.2. The van der Waals surface area contributed by atoms with Gasteiger partial charge in [0.1, 0.15) is 5.75 Å². The van der Waals surface area contributed by atoms with Gasteiger partial charge in [-0.05, 0) is 42.1 Å². The standard InChI is InChI=1S/C20H19F3N2O2/c1-14(15-6-8-17(9-7-15)27-20(21,22)23)24-19(26)11-13-25-12-10-16-4-2-3-5-18(16)25/h2-10,12,14H,11,13H2,1H3,(H,24,26). The van der Waals surface area contributed by atoms with Crippen molar-refractivity contribution in [2.45, 2.75) is 32.3 Å². The van der Waals surface area contributed by atoms with Gasteiger partial charge in [-0.15, -0.1) is 13.2 Å². The number of aryl methyl sites for hydroxylation is 1. The Morgan fingerprint density at radius 1 is 1.11 bits per heavy atom. The summed E-state index contributed by atoms with van der Waals surface area (Å²) in [7, 11) is 0. The van der Waals surface area contributed by atoms with E-state index in [1.807, 2.05) is 41.1 Å². The number of alkyl halides is 3. The molecule has 1 atom stereocenters. The smallest absolute Gasteiger partial charge is 0.406 e. The Labute approximate surface area is 154 Å². The molecule has 1 heterocycles. The predicted molar refractivity (Wildman–Crippen MR) is 96.2 cm³/mol. The van der Waals surface area contributed by atoms with Gasteiger partial charge in [0, 0.05) is 24.7 Å². The molecule has 27 heavy (non-hydrogen) atoms. The molecule has 1 unspecified atom stereocenters. The second-order valence-corrected chi connectivity index (χ2v) is 6.22. The SMILES string of the molecule is CC(NC(=O)CCn1ccc2ccccc21)c1ccc(OC(F)(F)F)cc1. The van der Waals surface area contributed by atoms with E-state index in [4.69, 9.17) is 0 Å². The molecule has 142 valence electrons. The maximum Gasteiger partial charge on any atom is 0.573 e. The van der Waals surface area contributed by atoms with E-state index in [1.54, 1.807) is 6.92 Å². The number of fused-ring (bicyclic) bond motifs is 1. The molecule has 1 amide bonds. The van der Waals surface area contributed by atoms with Crippen molar-refractivity contribution in [1.82, 2.24) is 9.88 Å². The molecule has 0 aliphatic heterocycles. The normalized spacial score (nSPS) is 12.7. The van der Waals surface area contributed by atoms with Crippen LogP contribution in [-0.4, -0.2) is 16.8 Å². The lowest BCUT2D eigenvalue weighted by molar-refractivity contribution is -0.274. The Kier molecular flexibility index (Phi) is 5.39. The Hall–Kier alpha value is -2.96.